The maximum atomic E-state index is 11.9. The molecule has 1 fully saturated rings. The maximum Gasteiger partial charge on any atom is 0.322 e. The van der Waals surface area contributed by atoms with E-state index in [1.54, 1.807) is 4.90 Å². The number of anilines is 1. The fraction of sp³-hybridized carbons (Fsp3) is 0.417. The third-order valence-electron chi connectivity index (χ3n) is 2.77. The molecule has 1 saturated heterocycles. The highest BCUT2D eigenvalue weighted by molar-refractivity contribution is 9.10. The second kappa shape index (κ2) is 4.09. The lowest BCUT2D eigenvalue weighted by atomic mass is 9.98. The highest BCUT2D eigenvalue weighted by atomic mass is 79.9. The van der Waals surface area contributed by atoms with E-state index in [9.17, 15) is 4.79 Å². The molecule has 0 radical (unpaired) electrons. The monoisotopic (exact) mass is 282 g/mol. The van der Waals surface area contributed by atoms with Crippen LogP contribution in [0, 0.1) is 0 Å². The largest absolute Gasteiger partial charge is 0.333 e. The second-order valence-corrected chi connectivity index (χ2v) is 5.61. The molecule has 0 aliphatic carbocycles. The van der Waals surface area contributed by atoms with Crippen LogP contribution in [0.15, 0.2) is 28.7 Å². The topological polar surface area (TPSA) is 32.3 Å². The van der Waals surface area contributed by atoms with E-state index >= 15 is 0 Å². The van der Waals surface area contributed by atoms with Gasteiger partial charge in [0.05, 0.1) is 0 Å². The molecule has 4 heteroatoms. The van der Waals surface area contributed by atoms with Gasteiger partial charge in [-0.15, -0.1) is 0 Å². The summed E-state index contributed by atoms with van der Waals surface area (Å²) in [5.41, 5.74) is 0.835. The van der Waals surface area contributed by atoms with Gasteiger partial charge in [-0.1, -0.05) is 22.0 Å². The quantitative estimate of drug-likeness (QED) is 0.843. The molecular weight excluding hydrogens is 268 g/mol. The summed E-state index contributed by atoms with van der Waals surface area (Å²) in [4.78, 5) is 13.7. The van der Waals surface area contributed by atoms with Gasteiger partial charge in [-0.25, -0.2) is 4.79 Å². The molecule has 0 aromatic heterocycles. The van der Waals surface area contributed by atoms with Crippen molar-refractivity contribution in [1.82, 2.24) is 5.32 Å². The van der Waals surface area contributed by atoms with E-state index in [1.807, 2.05) is 38.1 Å². The van der Waals surface area contributed by atoms with Gasteiger partial charge in [0.25, 0.3) is 0 Å². The van der Waals surface area contributed by atoms with Crippen LogP contribution in [-0.4, -0.2) is 18.1 Å². The average Bonchev–Trinajstić information content (AvgIpc) is 2.15. The van der Waals surface area contributed by atoms with Gasteiger partial charge in [0.2, 0.25) is 0 Å². The first-order valence-electron chi connectivity index (χ1n) is 5.33. The van der Waals surface area contributed by atoms with E-state index < -0.39 is 0 Å². The Balaban J connectivity index is 2.21. The van der Waals surface area contributed by atoms with Gasteiger partial charge in [-0.3, -0.25) is 4.90 Å². The van der Waals surface area contributed by atoms with Gasteiger partial charge in [-0.2, -0.15) is 0 Å². The standard InChI is InChI=1S/C12H15BrN2O/c1-12(2)6-7-15(11(16)14-12)10-5-3-4-9(13)8-10/h3-5,8H,6-7H2,1-2H3,(H,14,16). The molecule has 0 unspecified atom stereocenters. The molecule has 0 atom stereocenters. The number of hydrogen-bond donors (Lipinski definition) is 1. The van der Waals surface area contributed by atoms with Crippen molar-refractivity contribution in [3.63, 3.8) is 0 Å². The van der Waals surface area contributed by atoms with Crippen molar-refractivity contribution >= 4 is 27.6 Å². The van der Waals surface area contributed by atoms with E-state index in [0.29, 0.717) is 0 Å². The Hall–Kier alpha value is -1.03. The number of amides is 2. The number of rotatable bonds is 1. The second-order valence-electron chi connectivity index (χ2n) is 4.70. The van der Waals surface area contributed by atoms with Gasteiger partial charge in [-0.05, 0) is 38.5 Å². The first-order valence-corrected chi connectivity index (χ1v) is 6.12. The van der Waals surface area contributed by atoms with Crippen LogP contribution in [-0.2, 0) is 0 Å². The number of carbonyl (C=O) groups excluding carboxylic acids is 1. The first kappa shape index (κ1) is 11.5. The molecule has 1 aromatic rings. The lowest BCUT2D eigenvalue weighted by Gasteiger charge is -2.37. The van der Waals surface area contributed by atoms with Crippen LogP contribution in [0.5, 0.6) is 0 Å². The van der Waals surface area contributed by atoms with Crippen molar-refractivity contribution in [2.75, 3.05) is 11.4 Å². The smallest absolute Gasteiger partial charge is 0.322 e. The third-order valence-corrected chi connectivity index (χ3v) is 3.26. The molecule has 1 heterocycles. The summed E-state index contributed by atoms with van der Waals surface area (Å²) in [7, 11) is 0. The fourth-order valence-electron chi connectivity index (χ4n) is 1.80. The molecule has 0 saturated carbocycles. The first-order chi connectivity index (χ1) is 7.48. The SMILES string of the molecule is CC1(C)CCN(c2cccc(Br)c2)C(=O)N1. The van der Waals surface area contributed by atoms with Crippen molar-refractivity contribution in [3.8, 4) is 0 Å². The van der Waals surface area contributed by atoms with Gasteiger partial charge < -0.3 is 5.32 Å². The highest BCUT2D eigenvalue weighted by Gasteiger charge is 2.30. The zero-order chi connectivity index (χ0) is 11.8. The minimum Gasteiger partial charge on any atom is -0.333 e. The van der Waals surface area contributed by atoms with Gasteiger partial charge in [0, 0.05) is 22.2 Å². The maximum absolute atomic E-state index is 11.9. The summed E-state index contributed by atoms with van der Waals surface area (Å²) in [5.74, 6) is 0. The van der Waals surface area contributed by atoms with Crippen LogP contribution < -0.4 is 10.2 Å². The van der Waals surface area contributed by atoms with Gasteiger partial charge in [0.15, 0.2) is 0 Å². The van der Waals surface area contributed by atoms with Crippen molar-refractivity contribution < 1.29 is 4.79 Å². The molecule has 2 rings (SSSR count). The van der Waals surface area contributed by atoms with E-state index in [1.165, 1.54) is 0 Å². The summed E-state index contributed by atoms with van der Waals surface area (Å²) in [6, 6.07) is 7.77. The normalized spacial score (nSPS) is 19.4. The molecular formula is C12H15BrN2O. The molecule has 1 aliphatic heterocycles. The Kier molecular flexibility index (Phi) is 2.93. The summed E-state index contributed by atoms with van der Waals surface area (Å²) < 4.78 is 0.989. The number of urea groups is 1. The highest BCUT2D eigenvalue weighted by Crippen LogP contribution is 2.24. The van der Waals surface area contributed by atoms with E-state index in [0.717, 1.165) is 23.1 Å². The molecule has 1 aliphatic rings. The number of nitrogens with zero attached hydrogens (tertiary/aromatic N) is 1. The Morgan fingerprint density at radius 2 is 2.19 bits per heavy atom. The Labute approximate surface area is 104 Å². The number of nitrogens with one attached hydrogen (secondary N) is 1. The molecule has 0 spiro atoms. The average molecular weight is 283 g/mol. The van der Waals surface area contributed by atoms with Crippen LogP contribution in [0.2, 0.25) is 0 Å². The predicted molar refractivity (Wildman–Crippen MR) is 68.7 cm³/mol. The number of carbonyl (C=O) groups is 1. The molecule has 0 bridgehead atoms. The molecule has 16 heavy (non-hydrogen) atoms. The van der Waals surface area contributed by atoms with Crippen LogP contribution in [0.4, 0.5) is 10.5 Å². The number of hydrogen-bond acceptors (Lipinski definition) is 1. The summed E-state index contributed by atoms with van der Waals surface area (Å²) in [6.45, 7) is 4.85. The zero-order valence-corrected chi connectivity index (χ0v) is 11.0. The molecule has 86 valence electrons. The van der Waals surface area contributed by atoms with Gasteiger partial charge in [0.1, 0.15) is 0 Å². The van der Waals surface area contributed by atoms with Crippen molar-refractivity contribution in [2.45, 2.75) is 25.8 Å². The predicted octanol–water partition coefficient (Wildman–Crippen LogP) is 3.15. The summed E-state index contributed by atoms with van der Waals surface area (Å²) >= 11 is 3.41. The zero-order valence-electron chi connectivity index (χ0n) is 9.46. The number of benzene rings is 1. The van der Waals surface area contributed by atoms with Crippen LogP contribution >= 0.6 is 15.9 Å². The summed E-state index contributed by atoms with van der Waals surface area (Å²) in [6.07, 6.45) is 0.950. The number of halogens is 1. The van der Waals surface area contributed by atoms with E-state index in [4.69, 9.17) is 0 Å². The molecule has 3 nitrogen and oxygen atoms in total. The molecule has 1 N–H and O–H groups in total. The molecule has 2 amide bonds. The van der Waals surface area contributed by atoms with Crippen molar-refractivity contribution in [3.05, 3.63) is 28.7 Å². The Bertz CT molecular complexity index is 417. The van der Waals surface area contributed by atoms with Crippen LogP contribution in [0.1, 0.15) is 20.3 Å². The Morgan fingerprint density at radius 3 is 2.81 bits per heavy atom. The van der Waals surface area contributed by atoms with E-state index in [2.05, 4.69) is 21.2 Å². The minimum absolute atomic E-state index is 0.0191. The fourth-order valence-corrected chi connectivity index (χ4v) is 2.19. The van der Waals surface area contributed by atoms with Gasteiger partial charge >= 0.3 is 6.03 Å². The molecule has 1 aromatic carbocycles. The Morgan fingerprint density at radius 1 is 1.44 bits per heavy atom. The van der Waals surface area contributed by atoms with E-state index in [-0.39, 0.29) is 11.6 Å². The van der Waals surface area contributed by atoms with Crippen molar-refractivity contribution in [2.24, 2.45) is 0 Å². The van der Waals surface area contributed by atoms with Crippen LogP contribution in [0.25, 0.3) is 0 Å². The lowest BCUT2D eigenvalue weighted by Crippen LogP contribution is -2.57. The minimum atomic E-state index is -0.0976. The third kappa shape index (κ3) is 2.38. The van der Waals surface area contributed by atoms with Crippen molar-refractivity contribution in [1.29, 1.82) is 0 Å². The lowest BCUT2D eigenvalue weighted by molar-refractivity contribution is 0.224. The van der Waals surface area contributed by atoms with Crippen LogP contribution in [0.3, 0.4) is 0 Å². The summed E-state index contributed by atoms with van der Waals surface area (Å²) in [5, 5.41) is 3.00.